The molecule has 4 rings (SSSR count). The number of para-hydroxylation sites is 2. The van der Waals surface area contributed by atoms with Crippen LogP contribution in [0.1, 0.15) is 69.6 Å². The van der Waals surface area contributed by atoms with Crippen molar-refractivity contribution in [3.8, 4) is 6.07 Å². The maximum Gasteiger partial charge on any atom is 0.420 e. The molecule has 1 aliphatic carbocycles. The van der Waals surface area contributed by atoms with Crippen LogP contribution in [0.4, 0.5) is 4.79 Å². The lowest BCUT2D eigenvalue weighted by Crippen LogP contribution is -2.35. The number of rotatable bonds is 6. The van der Waals surface area contributed by atoms with E-state index in [0.29, 0.717) is 18.8 Å². The lowest BCUT2D eigenvalue weighted by atomic mass is 9.90. The lowest BCUT2D eigenvalue weighted by molar-refractivity contribution is 0.0530. The number of ether oxygens (including phenoxy) is 1. The molecule has 1 aliphatic rings. The molecular weight excluding hydrogens is 414 g/mol. The number of pyridine rings is 1. The number of nitriles is 1. The molecule has 1 atom stereocenters. The van der Waals surface area contributed by atoms with E-state index < -0.39 is 11.7 Å². The average Bonchev–Trinajstić information content (AvgIpc) is 3.15. The van der Waals surface area contributed by atoms with Gasteiger partial charge in [-0.25, -0.2) is 14.3 Å². The van der Waals surface area contributed by atoms with E-state index in [0.717, 1.165) is 49.0 Å². The number of benzene rings is 1. The minimum atomic E-state index is -0.613. The fourth-order valence-electron chi connectivity index (χ4n) is 4.52. The molecule has 2 aromatic heterocycles. The maximum atomic E-state index is 13.2. The summed E-state index contributed by atoms with van der Waals surface area (Å²) in [6.07, 6.45) is 5.76. The summed E-state index contributed by atoms with van der Waals surface area (Å²) in [5.74, 6) is 0.644. The van der Waals surface area contributed by atoms with Crippen LogP contribution in [0.2, 0.25) is 0 Å². The van der Waals surface area contributed by atoms with Gasteiger partial charge in [-0.05, 0) is 70.2 Å². The zero-order valence-electron chi connectivity index (χ0n) is 19.6. The summed E-state index contributed by atoms with van der Waals surface area (Å²) in [4.78, 5) is 25.1. The molecule has 1 aromatic carbocycles. The summed E-state index contributed by atoms with van der Waals surface area (Å²) in [5, 5.41) is 9.10. The van der Waals surface area contributed by atoms with Gasteiger partial charge in [0.05, 0.1) is 35.4 Å². The van der Waals surface area contributed by atoms with E-state index in [1.54, 1.807) is 4.57 Å². The highest BCUT2D eigenvalue weighted by molar-refractivity contribution is 5.87. The second-order valence-corrected chi connectivity index (χ2v) is 9.52. The summed E-state index contributed by atoms with van der Waals surface area (Å²) >= 11 is 0. The molecule has 7 heteroatoms. The molecule has 0 N–H and O–H groups in total. The Kier molecular flexibility index (Phi) is 6.75. The van der Waals surface area contributed by atoms with Crippen LogP contribution in [-0.4, -0.2) is 37.7 Å². The monoisotopic (exact) mass is 445 g/mol. The van der Waals surface area contributed by atoms with Gasteiger partial charge < -0.3 is 4.74 Å². The first kappa shape index (κ1) is 22.9. The van der Waals surface area contributed by atoms with Crippen LogP contribution in [-0.2, 0) is 17.7 Å². The molecule has 0 radical (unpaired) electrons. The fraction of sp³-hybridized carbons (Fsp3) is 0.462. The molecule has 0 spiro atoms. The first-order valence-electron chi connectivity index (χ1n) is 11.6. The average molecular weight is 446 g/mol. The van der Waals surface area contributed by atoms with Crippen LogP contribution >= 0.6 is 0 Å². The molecular formula is C26H31N5O2. The molecule has 0 amide bonds. The number of carbonyl (C=O) groups excluding carboxylic acids is 1. The minimum absolute atomic E-state index is 0.126. The first-order chi connectivity index (χ1) is 15.9. The molecule has 0 bridgehead atoms. The van der Waals surface area contributed by atoms with Gasteiger partial charge in [0.15, 0.2) is 0 Å². The molecule has 2 heterocycles. The number of fused-ring (bicyclic) bond motifs is 2. The van der Waals surface area contributed by atoms with Crippen molar-refractivity contribution in [2.75, 3.05) is 6.54 Å². The van der Waals surface area contributed by atoms with Crippen LogP contribution in [0, 0.1) is 11.3 Å². The molecule has 7 nitrogen and oxygen atoms in total. The molecule has 1 unspecified atom stereocenters. The van der Waals surface area contributed by atoms with Crippen molar-refractivity contribution in [3.05, 3.63) is 59.7 Å². The van der Waals surface area contributed by atoms with Crippen LogP contribution in [0.5, 0.6) is 0 Å². The van der Waals surface area contributed by atoms with Crippen molar-refractivity contribution in [1.29, 1.82) is 5.26 Å². The number of hydrogen-bond donors (Lipinski definition) is 0. The Labute approximate surface area is 195 Å². The Hall–Kier alpha value is -3.24. The SMILES string of the molecule is CC(C)(C)OC(=O)n1c(CN(CCCC#N)C2CCCc3cccnc32)nc2ccccc21. The van der Waals surface area contributed by atoms with Gasteiger partial charge >= 0.3 is 6.09 Å². The predicted octanol–water partition coefficient (Wildman–Crippen LogP) is 5.40. The number of aryl methyl sites for hydroxylation is 1. The lowest BCUT2D eigenvalue weighted by Gasteiger charge is -2.34. The summed E-state index contributed by atoms with van der Waals surface area (Å²) in [6.45, 7) is 6.79. The third-order valence-electron chi connectivity index (χ3n) is 5.89. The van der Waals surface area contributed by atoms with Gasteiger partial charge in [0, 0.05) is 19.2 Å². The van der Waals surface area contributed by atoms with Crippen LogP contribution in [0.25, 0.3) is 11.0 Å². The largest absolute Gasteiger partial charge is 0.443 e. The van der Waals surface area contributed by atoms with Crippen molar-refractivity contribution in [1.82, 2.24) is 19.4 Å². The number of aromatic nitrogens is 3. The zero-order chi connectivity index (χ0) is 23.4. The predicted molar refractivity (Wildman–Crippen MR) is 127 cm³/mol. The smallest absolute Gasteiger partial charge is 0.420 e. The van der Waals surface area contributed by atoms with Gasteiger partial charge in [-0.1, -0.05) is 18.2 Å². The van der Waals surface area contributed by atoms with E-state index in [-0.39, 0.29) is 6.04 Å². The van der Waals surface area contributed by atoms with Gasteiger partial charge in [-0.15, -0.1) is 0 Å². The summed E-state index contributed by atoms with van der Waals surface area (Å²) in [5.41, 5.74) is 3.26. The van der Waals surface area contributed by atoms with Gasteiger partial charge in [0.2, 0.25) is 0 Å². The van der Waals surface area contributed by atoms with Gasteiger partial charge in [0.1, 0.15) is 11.4 Å². The number of hydrogen-bond acceptors (Lipinski definition) is 6. The summed E-state index contributed by atoms with van der Waals surface area (Å²) in [6, 6.07) is 14.1. The highest BCUT2D eigenvalue weighted by atomic mass is 16.6. The number of unbranched alkanes of at least 4 members (excludes halogenated alkanes) is 1. The highest BCUT2D eigenvalue weighted by Crippen LogP contribution is 2.34. The Balaban J connectivity index is 1.72. The molecule has 0 saturated heterocycles. The second kappa shape index (κ2) is 9.72. The van der Waals surface area contributed by atoms with Crippen LogP contribution < -0.4 is 0 Å². The topological polar surface area (TPSA) is 84.0 Å². The third-order valence-corrected chi connectivity index (χ3v) is 5.89. The van der Waals surface area contributed by atoms with Crippen LogP contribution in [0.3, 0.4) is 0 Å². The van der Waals surface area contributed by atoms with Crippen molar-refractivity contribution in [2.45, 2.75) is 71.1 Å². The Morgan fingerprint density at radius 2 is 2.09 bits per heavy atom. The van der Waals surface area contributed by atoms with Crippen molar-refractivity contribution < 1.29 is 9.53 Å². The second-order valence-electron chi connectivity index (χ2n) is 9.52. The number of imidazole rings is 1. The molecule has 172 valence electrons. The zero-order valence-corrected chi connectivity index (χ0v) is 19.6. The quantitative estimate of drug-likeness (QED) is 0.473. The maximum absolute atomic E-state index is 13.2. The number of carbonyl (C=O) groups is 1. The van der Waals surface area contributed by atoms with Crippen molar-refractivity contribution >= 4 is 17.1 Å². The van der Waals surface area contributed by atoms with Crippen molar-refractivity contribution in [3.63, 3.8) is 0 Å². The fourth-order valence-corrected chi connectivity index (χ4v) is 4.52. The van der Waals surface area contributed by atoms with Crippen LogP contribution in [0.15, 0.2) is 42.6 Å². The molecule has 0 fully saturated rings. The molecule has 0 saturated carbocycles. The molecule has 0 aliphatic heterocycles. The van der Waals surface area contributed by atoms with Gasteiger partial charge in [0.25, 0.3) is 0 Å². The Bertz CT molecular complexity index is 1170. The number of nitrogens with zero attached hydrogens (tertiary/aromatic N) is 5. The van der Waals surface area contributed by atoms with Gasteiger partial charge in [-0.3, -0.25) is 9.88 Å². The van der Waals surface area contributed by atoms with Crippen molar-refractivity contribution in [2.24, 2.45) is 0 Å². The normalized spacial score (nSPS) is 15.9. The highest BCUT2D eigenvalue weighted by Gasteiger charge is 2.30. The summed E-state index contributed by atoms with van der Waals surface area (Å²) in [7, 11) is 0. The Morgan fingerprint density at radius 3 is 2.88 bits per heavy atom. The standard InChI is InChI=1S/C26H31N5O2/c1-26(2,3)33-25(32)31-21-13-5-4-12-20(21)29-23(31)18-30(17-7-6-15-27)22-14-8-10-19-11-9-16-28-24(19)22/h4-5,9,11-13,16,22H,6-8,10,14,17-18H2,1-3H3. The first-order valence-corrected chi connectivity index (χ1v) is 11.6. The van der Waals surface area contributed by atoms with E-state index in [4.69, 9.17) is 20.0 Å². The molecule has 3 aromatic rings. The minimum Gasteiger partial charge on any atom is -0.443 e. The van der Waals surface area contributed by atoms with E-state index in [1.807, 2.05) is 57.3 Å². The summed E-state index contributed by atoms with van der Waals surface area (Å²) < 4.78 is 7.32. The third kappa shape index (κ3) is 5.23. The Morgan fingerprint density at radius 1 is 1.27 bits per heavy atom. The van der Waals surface area contributed by atoms with E-state index in [1.165, 1.54) is 5.56 Å². The van der Waals surface area contributed by atoms with E-state index >= 15 is 0 Å². The molecule has 33 heavy (non-hydrogen) atoms. The van der Waals surface area contributed by atoms with Gasteiger partial charge in [-0.2, -0.15) is 5.26 Å². The van der Waals surface area contributed by atoms with E-state index in [9.17, 15) is 4.79 Å². The van der Waals surface area contributed by atoms with E-state index in [2.05, 4.69) is 17.0 Å².